The fourth-order valence-electron chi connectivity index (χ4n) is 1.53. The smallest absolute Gasteiger partial charge is 0.274 e. The average molecular weight is 248 g/mol. The fourth-order valence-corrected chi connectivity index (χ4v) is 1.53. The molecule has 96 valence electrons. The zero-order valence-electron chi connectivity index (χ0n) is 10.4. The second kappa shape index (κ2) is 5.05. The van der Waals surface area contributed by atoms with E-state index in [0.29, 0.717) is 23.7 Å². The first kappa shape index (κ1) is 12.4. The number of nitrogens with zero attached hydrogens (tertiary/aromatic N) is 2. The minimum atomic E-state index is -0.165. The molecule has 3 N–H and O–H groups in total. The summed E-state index contributed by atoms with van der Waals surface area (Å²) in [5.74, 6) is 0.484. The molecule has 1 atom stereocenters. The van der Waals surface area contributed by atoms with Crippen molar-refractivity contribution in [2.75, 3.05) is 13.6 Å². The van der Waals surface area contributed by atoms with Crippen LogP contribution in [-0.4, -0.2) is 40.6 Å². The number of amides is 1. The second-order valence-electron chi connectivity index (χ2n) is 4.14. The maximum absolute atomic E-state index is 12.1. The number of nitrogens with one attached hydrogen (secondary N) is 1. The van der Waals surface area contributed by atoms with E-state index >= 15 is 0 Å². The third kappa shape index (κ3) is 2.28. The highest BCUT2D eigenvalue weighted by molar-refractivity contribution is 5.93. The number of carbonyl (C=O) groups is 1. The lowest BCUT2D eigenvalue weighted by Crippen LogP contribution is -2.39. The van der Waals surface area contributed by atoms with Crippen molar-refractivity contribution in [2.45, 2.75) is 13.0 Å². The van der Waals surface area contributed by atoms with Crippen LogP contribution in [0.5, 0.6) is 0 Å². The van der Waals surface area contributed by atoms with Gasteiger partial charge in [-0.2, -0.15) is 5.10 Å². The van der Waals surface area contributed by atoms with E-state index in [1.165, 1.54) is 0 Å². The van der Waals surface area contributed by atoms with Crippen molar-refractivity contribution < 1.29 is 9.21 Å². The van der Waals surface area contributed by atoms with Gasteiger partial charge in [-0.1, -0.05) is 0 Å². The summed E-state index contributed by atoms with van der Waals surface area (Å²) < 4.78 is 5.23. The lowest BCUT2D eigenvalue weighted by atomic mass is 10.2. The van der Waals surface area contributed by atoms with E-state index in [4.69, 9.17) is 10.2 Å². The van der Waals surface area contributed by atoms with Crippen LogP contribution in [0.15, 0.2) is 28.9 Å². The van der Waals surface area contributed by atoms with Gasteiger partial charge in [-0.3, -0.25) is 9.89 Å². The fraction of sp³-hybridized carbons (Fsp3) is 0.333. The number of nitrogens with two attached hydrogens (primary N) is 1. The number of hydrogen-bond acceptors (Lipinski definition) is 4. The van der Waals surface area contributed by atoms with E-state index in [0.717, 1.165) is 0 Å². The van der Waals surface area contributed by atoms with E-state index in [9.17, 15) is 4.79 Å². The summed E-state index contributed by atoms with van der Waals surface area (Å²) in [4.78, 5) is 13.7. The van der Waals surface area contributed by atoms with Crippen molar-refractivity contribution in [1.82, 2.24) is 15.1 Å². The van der Waals surface area contributed by atoms with Gasteiger partial charge in [0.2, 0.25) is 0 Å². The monoisotopic (exact) mass is 248 g/mol. The Morgan fingerprint density at radius 1 is 1.67 bits per heavy atom. The van der Waals surface area contributed by atoms with Crippen LogP contribution in [0.3, 0.4) is 0 Å². The van der Waals surface area contributed by atoms with E-state index in [-0.39, 0.29) is 11.9 Å². The summed E-state index contributed by atoms with van der Waals surface area (Å²) in [6, 6.07) is 5.22. The Kier molecular flexibility index (Phi) is 3.47. The first-order valence-electron chi connectivity index (χ1n) is 5.70. The Morgan fingerprint density at radius 2 is 2.44 bits per heavy atom. The summed E-state index contributed by atoms with van der Waals surface area (Å²) in [5, 5.41) is 6.77. The molecule has 2 heterocycles. The highest BCUT2D eigenvalue weighted by Gasteiger charge is 2.19. The van der Waals surface area contributed by atoms with Gasteiger partial charge in [0.1, 0.15) is 5.69 Å². The summed E-state index contributed by atoms with van der Waals surface area (Å²) in [7, 11) is 1.71. The Balaban J connectivity index is 2.18. The van der Waals surface area contributed by atoms with Crippen LogP contribution >= 0.6 is 0 Å². The molecule has 0 spiro atoms. The first-order chi connectivity index (χ1) is 8.63. The molecule has 2 aromatic rings. The molecule has 0 aliphatic rings. The highest BCUT2D eigenvalue weighted by Crippen LogP contribution is 2.18. The Hall–Kier alpha value is -2.08. The van der Waals surface area contributed by atoms with Crippen LogP contribution in [0, 0.1) is 0 Å². The summed E-state index contributed by atoms with van der Waals surface area (Å²) in [5.41, 5.74) is 6.56. The third-order valence-corrected chi connectivity index (χ3v) is 2.91. The summed E-state index contributed by atoms with van der Waals surface area (Å²) in [6.45, 7) is 2.30. The molecular weight excluding hydrogens is 232 g/mol. The zero-order valence-corrected chi connectivity index (χ0v) is 10.4. The van der Waals surface area contributed by atoms with Crippen LogP contribution < -0.4 is 5.73 Å². The lowest BCUT2D eigenvalue weighted by Gasteiger charge is -2.22. The Bertz CT molecular complexity index is 518. The minimum absolute atomic E-state index is 0.0266. The molecule has 0 bridgehead atoms. The quantitative estimate of drug-likeness (QED) is 0.847. The molecule has 6 nitrogen and oxygen atoms in total. The SMILES string of the molecule is CC(CN)N(C)C(=O)c1cc(-c2ccco2)[nH]n1. The van der Waals surface area contributed by atoms with Gasteiger partial charge < -0.3 is 15.1 Å². The van der Waals surface area contributed by atoms with Crippen LogP contribution in [0.2, 0.25) is 0 Å². The zero-order chi connectivity index (χ0) is 13.1. The van der Waals surface area contributed by atoms with Crippen molar-refractivity contribution in [3.05, 3.63) is 30.2 Å². The number of aromatic amines is 1. The standard InChI is InChI=1S/C12H16N4O2/c1-8(7-13)16(2)12(17)10-6-9(14-15-10)11-4-3-5-18-11/h3-6,8H,7,13H2,1-2H3,(H,14,15). The summed E-state index contributed by atoms with van der Waals surface area (Å²) >= 11 is 0. The van der Waals surface area contributed by atoms with Crippen molar-refractivity contribution in [1.29, 1.82) is 0 Å². The van der Waals surface area contributed by atoms with Crippen molar-refractivity contribution >= 4 is 5.91 Å². The van der Waals surface area contributed by atoms with E-state index in [1.807, 2.05) is 6.92 Å². The lowest BCUT2D eigenvalue weighted by molar-refractivity contribution is 0.0742. The highest BCUT2D eigenvalue weighted by atomic mass is 16.3. The average Bonchev–Trinajstić information content (AvgIpc) is 3.05. The molecule has 1 unspecified atom stereocenters. The molecule has 1 amide bonds. The number of aromatic nitrogens is 2. The molecule has 0 aliphatic heterocycles. The van der Waals surface area contributed by atoms with Gasteiger partial charge in [0.05, 0.1) is 6.26 Å². The molecule has 0 aliphatic carbocycles. The Labute approximate surface area is 105 Å². The molecule has 18 heavy (non-hydrogen) atoms. The minimum Gasteiger partial charge on any atom is -0.463 e. The van der Waals surface area contributed by atoms with E-state index in [2.05, 4.69) is 10.2 Å². The molecule has 2 aromatic heterocycles. The molecule has 0 saturated heterocycles. The molecular formula is C12H16N4O2. The van der Waals surface area contributed by atoms with Crippen LogP contribution in [0.1, 0.15) is 17.4 Å². The van der Waals surface area contributed by atoms with Crippen molar-refractivity contribution in [2.24, 2.45) is 5.73 Å². The van der Waals surface area contributed by atoms with Gasteiger partial charge in [0, 0.05) is 25.7 Å². The largest absolute Gasteiger partial charge is 0.463 e. The number of likely N-dealkylation sites (N-methyl/N-ethyl adjacent to an activating group) is 1. The van der Waals surface area contributed by atoms with Gasteiger partial charge >= 0.3 is 0 Å². The maximum atomic E-state index is 12.1. The molecule has 0 fully saturated rings. The maximum Gasteiger partial charge on any atom is 0.274 e. The van der Waals surface area contributed by atoms with Gasteiger partial charge in [-0.25, -0.2) is 0 Å². The molecule has 0 saturated carbocycles. The van der Waals surface area contributed by atoms with Gasteiger partial charge in [0.15, 0.2) is 11.5 Å². The van der Waals surface area contributed by atoms with E-state index < -0.39 is 0 Å². The van der Waals surface area contributed by atoms with Gasteiger partial charge in [-0.15, -0.1) is 0 Å². The molecule has 0 radical (unpaired) electrons. The van der Waals surface area contributed by atoms with Crippen molar-refractivity contribution in [3.8, 4) is 11.5 Å². The predicted molar refractivity (Wildman–Crippen MR) is 66.9 cm³/mol. The predicted octanol–water partition coefficient (Wildman–Crippen LogP) is 1.09. The van der Waals surface area contributed by atoms with Crippen LogP contribution in [0.25, 0.3) is 11.5 Å². The molecule has 2 rings (SSSR count). The molecule has 0 aromatic carbocycles. The number of hydrogen-bond donors (Lipinski definition) is 2. The van der Waals surface area contributed by atoms with Crippen LogP contribution in [0.4, 0.5) is 0 Å². The number of rotatable bonds is 4. The van der Waals surface area contributed by atoms with Crippen molar-refractivity contribution in [3.63, 3.8) is 0 Å². The normalized spacial score (nSPS) is 12.4. The summed E-state index contributed by atoms with van der Waals surface area (Å²) in [6.07, 6.45) is 1.57. The number of H-pyrrole nitrogens is 1. The number of carbonyl (C=O) groups excluding carboxylic acids is 1. The van der Waals surface area contributed by atoms with E-state index in [1.54, 1.807) is 36.4 Å². The first-order valence-corrected chi connectivity index (χ1v) is 5.70. The van der Waals surface area contributed by atoms with Gasteiger partial charge in [-0.05, 0) is 19.1 Å². The van der Waals surface area contributed by atoms with Crippen LogP contribution in [-0.2, 0) is 0 Å². The topological polar surface area (TPSA) is 88.1 Å². The third-order valence-electron chi connectivity index (χ3n) is 2.91. The molecule has 6 heteroatoms. The number of furan rings is 1. The second-order valence-corrected chi connectivity index (χ2v) is 4.14. The van der Waals surface area contributed by atoms with Gasteiger partial charge in [0.25, 0.3) is 5.91 Å². The Morgan fingerprint density at radius 3 is 3.06 bits per heavy atom.